The molecule has 1 saturated carbocycles. The molecule has 1 aromatic heterocycles. The van der Waals surface area contributed by atoms with Gasteiger partial charge < -0.3 is 26.0 Å². The zero-order valence-electron chi connectivity index (χ0n) is 14.2. The van der Waals surface area contributed by atoms with Gasteiger partial charge in [0.25, 0.3) is 0 Å². The monoisotopic (exact) mass is 355 g/mol. The quantitative estimate of drug-likeness (QED) is 0.470. The van der Waals surface area contributed by atoms with Gasteiger partial charge in [0.1, 0.15) is 11.8 Å². The van der Waals surface area contributed by atoms with Gasteiger partial charge in [0.05, 0.1) is 25.4 Å². The summed E-state index contributed by atoms with van der Waals surface area (Å²) in [6.45, 7) is -0.938. The Balaban J connectivity index is 2.31. The lowest BCUT2D eigenvalue weighted by Gasteiger charge is -2.17. The van der Waals surface area contributed by atoms with Crippen LogP contribution in [0.1, 0.15) is 51.3 Å². The third-order valence-electron chi connectivity index (χ3n) is 4.87. The van der Waals surface area contributed by atoms with Gasteiger partial charge in [-0.2, -0.15) is 5.26 Å². The fraction of sp³-hybridized carbons (Fsp3) is 0.368. The molecule has 1 aromatic carbocycles. The van der Waals surface area contributed by atoms with Gasteiger partial charge in [-0.1, -0.05) is 12.1 Å². The molecule has 0 saturated heterocycles. The number of nitrogens with zero attached hydrogens (tertiary/aromatic N) is 1. The van der Waals surface area contributed by atoms with Gasteiger partial charge in [-0.3, -0.25) is 4.79 Å². The summed E-state index contributed by atoms with van der Waals surface area (Å²) in [6, 6.07) is 5.36. The molecule has 136 valence electrons. The highest BCUT2D eigenvalue weighted by Crippen LogP contribution is 2.40. The van der Waals surface area contributed by atoms with Gasteiger partial charge in [-0.25, -0.2) is 0 Å². The predicted molar refractivity (Wildman–Crippen MR) is 93.7 cm³/mol. The van der Waals surface area contributed by atoms with Gasteiger partial charge >= 0.3 is 0 Å². The van der Waals surface area contributed by atoms with Crippen molar-refractivity contribution in [3.63, 3.8) is 0 Å². The zero-order valence-corrected chi connectivity index (χ0v) is 14.2. The van der Waals surface area contributed by atoms with Crippen LogP contribution in [-0.2, 0) is 26.4 Å². The van der Waals surface area contributed by atoms with Crippen molar-refractivity contribution in [2.45, 2.75) is 39.2 Å². The molecule has 7 nitrogen and oxygen atoms in total. The number of benzene rings is 1. The lowest BCUT2D eigenvalue weighted by Crippen LogP contribution is -2.08. The van der Waals surface area contributed by atoms with Crippen LogP contribution in [0.25, 0.3) is 11.1 Å². The lowest BCUT2D eigenvalue weighted by molar-refractivity contribution is 0.0968. The predicted octanol–water partition coefficient (Wildman–Crippen LogP) is 1.08. The first-order valence-electron chi connectivity index (χ1n) is 8.46. The van der Waals surface area contributed by atoms with Crippen molar-refractivity contribution in [2.24, 2.45) is 11.7 Å². The van der Waals surface area contributed by atoms with E-state index in [0.717, 1.165) is 12.8 Å². The van der Waals surface area contributed by atoms with Crippen LogP contribution in [0.2, 0.25) is 0 Å². The highest BCUT2D eigenvalue weighted by atomic mass is 16.3. The number of carbonyl (C=O) groups excluding carboxylic acids is 1. The second kappa shape index (κ2) is 7.40. The molecule has 0 radical (unpaired) electrons. The molecule has 3 rings (SSSR count). The number of H-pyrrole nitrogens is 1. The first-order valence-corrected chi connectivity index (χ1v) is 8.46. The number of aliphatic hydroxyl groups is 3. The van der Waals surface area contributed by atoms with Crippen LogP contribution in [0, 0.1) is 17.2 Å². The van der Waals surface area contributed by atoms with E-state index in [1.54, 1.807) is 12.1 Å². The standard InChI is InChI=1S/C19H21N3O4/c20-5-15-17(18(16(6-21)22-15)19(26)10-1-2-10)12-4-3-11(7-23)13(8-24)14(12)9-25/h3-4,10,22-25H,1-2,5,7-9,20H2. The summed E-state index contributed by atoms with van der Waals surface area (Å²) in [5.41, 5.74) is 9.20. The van der Waals surface area contributed by atoms with E-state index in [0.29, 0.717) is 39.1 Å². The van der Waals surface area contributed by atoms with Crippen LogP contribution in [0.3, 0.4) is 0 Å². The molecular weight excluding hydrogens is 334 g/mol. The number of hydrogen-bond acceptors (Lipinski definition) is 6. The fourth-order valence-electron chi connectivity index (χ4n) is 3.38. The molecule has 26 heavy (non-hydrogen) atoms. The number of nitriles is 1. The Bertz CT molecular complexity index is 891. The maximum absolute atomic E-state index is 12.8. The molecule has 6 N–H and O–H groups in total. The molecule has 1 heterocycles. The van der Waals surface area contributed by atoms with E-state index in [9.17, 15) is 25.4 Å². The Morgan fingerprint density at radius 1 is 1.19 bits per heavy atom. The minimum atomic E-state index is -0.382. The molecule has 0 bridgehead atoms. The molecule has 0 atom stereocenters. The summed E-state index contributed by atoms with van der Waals surface area (Å²) < 4.78 is 0. The van der Waals surface area contributed by atoms with E-state index < -0.39 is 0 Å². The summed E-state index contributed by atoms with van der Waals surface area (Å²) in [4.78, 5) is 15.8. The van der Waals surface area contributed by atoms with Crippen molar-refractivity contribution >= 4 is 5.78 Å². The number of aliphatic hydroxyl groups excluding tert-OH is 3. The Labute approximate surface area is 150 Å². The number of rotatable bonds is 7. The summed E-state index contributed by atoms with van der Waals surface area (Å²) in [6.07, 6.45) is 1.59. The van der Waals surface area contributed by atoms with Gasteiger partial charge in [0.2, 0.25) is 0 Å². The highest BCUT2D eigenvalue weighted by Gasteiger charge is 2.36. The van der Waals surface area contributed by atoms with Crippen LogP contribution >= 0.6 is 0 Å². The van der Waals surface area contributed by atoms with Crippen LogP contribution in [0.15, 0.2) is 12.1 Å². The Morgan fingerprint density at radius 2 is 1.88 bits per heavy atom. The van der Waals surface area contributed by atoms with Gasteiger partial charge in [-0.05, 0) is 35.1 Å². The van der Waals surface area contributed by atoms with Crippen LogP contribution in [0.5, 0.6) is 0 Å². The maximum atomic E-state index is 12.8. The fourth-order valence-corrected chi connectivity index (χ4v) is 3.38. The highest BCUT2D eigenvalue weighted by molar-refractivity contribution is 6.07. The number of nitrogens with one attached hydrogen (secondary N) is 1. The molecule has 0 amide bonds. The molecule has 1 aliphatic rings. The van der Waals surface area contributed by atoms with Crippen LogP contribution in [-0.4, -0.2) is 26.1 Å². The smallest absolute Gasteiger partial charge is 0.169 e. The number of aromatic nitrogens is 1. The second-order valence-corrected chi connectivity index (χ2v) is 6.39. The van der Waals surface area contributed by atoms with Crippen molar-refractivity contribution < 1.29 is 20.1 Å². The van der Waals surface area contributed by atoms with Crippen LogP contribution < -0.4 is 5.73 Å². The zero-order chi connectivity index (χ0) is 18.8. The average molecular weight is 355 g/mol. The van der Waals surface area contributed by atoms with Crippen molar-refractivity contribution in [3.8, 4) is 17.2 Å². The number of ketones is 1. The van der Waals surface area contributed by atoms with Crippen molar-refractivity contribution in [1.82, 2.24) is 4.98 Å². The van der Waals surface area contributed by atoms with Gasteiger partial charge in [0.15, 0.2) is 5.78 Å². The minimum absolute atomic E-state index is 0.0863. The summed E-state index contributed by atoms with van der Waals surface area (Å²) >= 11 is 0. The number of nitrogens with two attached hydrogens (primary N) is 1. The number of hydrogen-bond donors (Lipinski definition) is 5. The second-order valence-electron chi connectivity index (χ2n) is 6.39. The third kappa shape index (κ3) is 2.93. The van der Waals surface area contributed by atoms with Crippen molar-refractivity contribution in [3.05, 3.63) is 45.8 Å². The molecular formula is C19H21N3O4. The number of Topliss-reactive ketones (excluding diaryl/α,β-unsaturated/α-hetero) is 1. The van der Waals surface area contributed by atoms with Crippen molar-refractivity contribution in [2.75, 3.05) is 0 Å². The largest absolute Gasteiger partial charge is 0.392 e. The van der Waals surface area contributed by atoms with Crippen molar-refractivity contribution in [1.29, 1.82) is 5.26 Å². The molecule has 0 unspecified atom stereocenters. The Morgan fingerprint density at radius 3 is 2.38 bits per heavy atom. The summed E-state index contributed by atoms with van der Waals surface area (Å²) in [7, 11) is 0. The Kier molecular flexibility index (Phi) is 5.20. The normalized spacial score (nSPS) is 13.7. The molecule has 1 aliphatic carbocycles. The Hall–Kier alpha value is -2.50. The third-order valence-corrected chi connectivity index (χ3v) is 4.87. The first kappa shape index (κ1) is 18.3. The topological polar surface area (TPSA) is 143 Å². The van der Waals surface area contributed by atoms with E-state index in [2.05, 4.69) is 4.98 Å². The van der Waals surface area contributed by atoms with Gasteiger partial charge in [0, 0.05) is 23.7 Å². The van der Waals surface area contributed by atoms with Gasteiger partial charge in [-0.15, -0.1) is 0 Å². The van der Waals surface area contributed by atoms with E-state index in [1.165, 1.54) is 0 Å². The SMILES string of the molecule is N#Cc1[nH]c(CN)c(-c2ccc(CO)c(CO)c2CO)c1C(=O)C1CC1. The maximum Gasteiger partial charge on any atom is 0.169 e. The lowest BCUT2D eigenvalue weighted by atomic mass is 9.88. The molecule has 0 aliphatic heterocycles. The van der Waals surface area contributed by atoms with E-state index >= 15 is 0 Å². The van der Waals surface area contributed by atoms with E-state index in [4.69, 9.17) is 5.73 Å². The summed E-state index contributed by atoms with van der Waals surface area (Å²) in [5, 5.41) is 38.6. The van der Waals surface area contributed by atoms with E-state index in [-0.39, 0.29) is 43.8 Å². The molecule has 1 fully saturated rings. The molecule has 2 aromatic rings. The average Bonchev–Trinajstić information content (AvgIpc) is 3.46. The molecule has 7 heteroatoms. The first-order chi connectivity index (χ1) is 12.6. The number of carbonyl (C=O) groups is 1. The summed E-state index contributed by atoms with van der Waals surface area (Å²) in [5.74, 6) is -0.193. The van der Waals surface area contributed by atoms with E-state index in [1.807, 2.05) is 6.07 Å². The number of aromatic amines is 1. The minimum Gasteiger partial charge on any atom is -0.392 e. The molecule has 0 spiro atoms. The van der Waals surface area contributed by atoms with Crippen LogP contribution in [0.4, 0.5) is 0 Å².